The number of carbonyl (C=O) groups is 2. The molecular weight excluding hydrogens is 437 g/mol. The molecule has 1 aromatic carbocycles. The number of thioether (sulfide) groups is 1. The van der Waals surface area contributed by atoms with Crippen molar-refractivity contribution in [1.29, 1.82) is 0 Å². The first-order chi connectivity index (χ1) is 13.5. The van der Waals surface area contributed by atoms with E-state index in [-0.39, 0.29) is 22.4 Å². The summed E-state index contributed by atoms with van der Waals surface area (Å²) in [5.74, 6) is -2.55. The molecule has 0 aliphatic carbocycles. The summed E-state index contributed by atoms with van der Waals surface area (Å²) in [5, 5.41) is 8.09. The van der Waals surface area contributed by atoms with Crippen molar-refractivity contribution in [3.05, 3.63) is 29.8 Å². The number of anilines is 1. The van der Waals surface area contributed by atoms with Gasteiger partial charge in [0, 0.05) is 10.9 Å². The van der Waals surface area contributed by atoms with Gasteiger partial charge < -0.3 is 14.7 Å². The van der Waals surface area contributed by atoms with Crippen LogP contribution in [0.3, 0.4) is 0 Å². The fourth-order valence-electron chi connectivity index (χ4n) is 3.06. The standard InChI is InChI=1S/C16H15F3N2O6S2/c17-16(18,19)9-2-1-3-10(4-9)21-11-7-29(25,26)8-12(11)28-15(21)20-13(22)5-27-6-14(23)24/h1-4,11-12H,5-8H2,(H,23,24). The van der Waals surface area contributed by atoms with E-state index in [0.717, 1.165) is 23.9 Å². The average Bonchev–Trinajstić information content (AvgIpc) is 3.04. The summed E-state index contributed by atoms with van der Waals surface area (Å²) >= 11 is 0.991. The number of nitrogens with zero attached hydrogens (tertiary/aromatic N) is 2. The molecule has 0 radical (unpaired) electrons. The van der Waals surface area contributed by atoms with E-state index in [1.165, 1.54) is 17.0 Å². The number of alkyl halides is 3. The maximum absolute atomic E-state index is 13.1. The van der Waals surface area contributed by atoms with Gasteiger partial charge in [-0.2, -0.15) is 18.2 Å². The molecule has 0 saturated carbocycles. The second kappa shape index (κ2) is 7.95. The lowest BCUT2D eigenvalue weighted by Crippen LogP contribution is -2.38. The Morgan fingerprint density at radius 2 is 2.00 bits per heavy atom. The van der Waals surface area contributed by atoms with Crippen molar-refractivity contribution in [3.63, 3.8) is 0 Å². The summed E-state index contributed by atoms with van der Waals surface area (Å²) in [4.78, 5) is 27.6. The number of carboxylic acid groups (broad SMARTS) is 1. The van der Waals surface area contributed by atoms with Crippen molar-refractivity contribution in [2.45, 2.75) is 17.5 Å². The molecule has 1 amide bonds. The van der Waals surface area contributed by atoms with Crippen LogP contribution < -0.4 is 4.90 Å². The van der Waals surface area contributed by atoms with E-state index < -0.39 is 58.0 Å². The van der Waals surface area contributed by atoms with E-state index in [2.05, 4.69) is 9.73 Å². The Morgan fingerprint density at radius 1 is 1.28 bits per heavy atom. The fourth-order valence-corrected chi connectivity index (χ4v) is 6.99. The van der Waals surface area contributed by atoms with E-state index in [9.17, 15) is 31.2 Å². The highest BCUT2D eigenvalue weighted by Gasteiger charge is 2.49. The molecule has 2 heterocycles. The van der Waals surface area contributed by atoms with Gasteiger partial charge in [-0.15, -0.1) is 0 Å². The minimum atomic E-state index is -4.60. The molecule has 1 N–H and O–H groups in total. The van der Waals surface area contributed by atoms with Gasteiger partial charge in [-0.1, -0.05) is 17.8 Å². The molecule has 13 heteroatoms. The third-order valence-corrected chi connectivity index (χ3v) is 7.40. The van der Waals surface area contributed by atoms with Crippen LogP contribution in [0.25, 0.3) is 0 Å². The summed E-state index contributed by atoms with van der Waals surface area (Å²) in [6.45, 7) is -1.33. The van der Waals surface area contributed by atoms with Crippen molar-refractivity contribution < 1.29 is 41.0 Å². The van der Waals surface area contributed by atoms with Crippen LogP contribution >= 0.6 is 11.8 Å². The summed E-state index contributed by atoms with van der Waals surface area (Å²) < 4.78 is 67.9. The normalized spacial score (nSPS) is 24.7. The Bertz CT molecular complexity index is 964. The Hall–Kier alpha value is -2.12. The van der Waals surface area contributed by atoms with Crippen molar-refractivity contribution in [1.82, 2.24) is 0 Å². The van der Waals surface area contributed by atoms with E-state index in [1.807, 2.05) is 0 Å². The number of carbonyl (C=O) groups excluding carboxylic acids is 1. The number of fused-ring (bicyclic) bond motifs is 1. The van der Waals surface area contributed by atoms with Crippen molar-refractivity contribution in [2.24, 2.45) is 4.99 Å². The lowest BCUT2D eigenvalue weighted by Gasteiger charge is -2.25. The number of hydrogen-bond donors (Lipinski definition) is 1. The summed E-state index contributed by atoms with van der Waals surface area (Å²) in [6, 6.07) is 3.66. The van der Waals surface area contributed by atoms with Gasteiger partial charge in [0.05, 0.1) is 23.1 Å². The topological polar surface area (TPSA) is 113 Å². The van der Waals surface area contributed by atoms with Crippen molar-refractivity contribution in [2.75, 3.05) is 29.6 Å². The third-order valence-electron chi connectivity index (χ3n) is 4.19. The van der Waals surface area contributed by atoms with E-state index in [1.54, 1.807) is 0 Å². The smallest absolute Gasteiger partial charge is 0.416 e. The summed E-state index contributed by atoms with van der Waals surface area (Å²) in [7, 11) is -3.38. The number of carboxylic acids is 1. The first kappa shape index (κ1) is 21.6. The molecule has 0 spiro atoms. The quantitative estimate of drug-likeness (QED) is 0.714. The Morgan fingerprint density at radius 3 is 2.66 bits per heavy atom. The number of halogens is 3. The third kappa shape index (κ3) is 5.08. The van der Waals surface area contributed by atoms with Crippen LogP contribution in [0.4, 0.5) is 18.9 Å². The molecule has 29 heavy (non-hydrogen) atoms. The Labute approximate surface area is 167 Å². The van der Waals surface area contributed by atoms with Crippen LogP contribution in [0.5, 0.6) is 0 Å². The van der Waals surface area contributed by atoms with Crippen LogP contribution in [-0.4, -0.2) is 66.6 Å². The van der Waals surface area contributed by atoms with Crippen LogP contribution in [0.2, 0.25) is 0 Å². The second-order valence-corrected chi connectivity index (χ2v) is 9.75. The van der Waals surface area contributed by atoms with Crippen LogP contribution in [0.15, 0.2) is 29.3 Å². The number of sulfone groups is 1. The molecule has 3 rings (SSSR count). The molecule has 2 unspecified atom stereocenters. The zero-order valence-corrected chi connectivity index (χ0v) is 16.3. The van der Waals surface area contributed by atoms with Gasteiger partial charge in [-0.3, -0.25) is 4.79 Å². The van der Waals surface area contributed by atoms with Gasteiger partial charge in [-0.25, -0.2) is 13.2 Å². The number of amidine groups is 1. The van der Waals surface area contributed by atoms with E-state index >= 15 is 0 Å². The number of aliphatic imine (C=N–C) groups is 1. The van der Waals surface area contributed by atoms with E-state index in [4.69, 9.17) is 5.11 Å². The maximum Gasteiger partial charge on any atom is 0.416 e. The highest BCUT2D eigenvalue weighted by atomic mass is 32.2. The largest absolute Gasteiger partial charge is 0.480 e. The van der Waals surface area contributed by atoms with Gasteiger partial charge in [0.25, 0.3) is 5.91 Å². The molecule has 2 atom stereocenters. The van der Waals surface area contributed by atoms with Gasteiger partial charge in [0.2, 0.25) is 0 Å². The SMILES string of the molecule is O=C(O)COCC(=O)N=C1SC2CS(=O)(=O)CC2N1c1cccc(C(F)(F)F)c1. The first-order valence-electron chi connectivity index (χ1n) is 8.21. The zero-order chi connectivity index (χ0) is 21.4. The Kier molecular flexibility index (Phi) is 5.92. The second-order valence-electron chi connectivity index (χ2n) is 6.39. The molecular formula is C16H15F3N2O6S2. The van der Waals surface area contributed by atoms with Crippen molar-refractivity contribution >= 4 is 44.3 Å². The van der Waals surface area contributed by atoms with Gasteiger partial charge in [0.1, 0.15) is 13.2 Å². The highest BCUT2D eigenvalue weighted by Crippen LogP contribution is 2.42. The number of benzene rings is 1. The van der Waals surface area contributed by atoms with Crippen LogP contribution in [0.1, 0.15) is 5.56 Å². The van der Waals surface area contributed by atoms with Crippen LogP contribution in [-0.2, 0) is 30.3 Å². The number of hydrogen-bond acceptors (Lipinski definition) is 6. The zero-order valence-electron chi connectivity index (χ0n) is 14.6. The lowest BCUT2D eigenvalue weighted by atomic mass is 10.1. The Balaban J connectivity index is 1.91. The molecule has 8 nitrogen and oxygen atoms in total. The van der Waals surface area contributed by atoms with Gasteiger partial charge in [0.15, 0.2) is 15.0 Å². The number of ether oxygens (including phenoxy) is 1. The first-order valence-corrected chi connectivity index (χ1v) is 10.9. The highest BCUT2D eigenvalue weighted by molar-refractivity contribution is 8.16. The fraction of sp³-hybridized carbons (Fsp3) is 0.438. The summed E-state index contributed by atoms with van der Waals surface area (Å²) in [5.41, 5.74) is -0.852. The minimum absolute atomic E-state index is 0.0538. The number of aliphatic carboxylic acids is 1. The average molecular weight is 452 g/mol. The van der Waals surface area contributed by atoms with Crippen molar-refractivity contribution in [3.8, 4) is 0 Å². The predicted molar refractivity (Wildman–Crippen MR) is 98.6 cm³/mol. The summed E-state index contributed by atoms with van der Waals surface area (Å²) in [6.07, 6.45) is -4.60. The monoisotopic (exact) mass is 452 g/mol. The molecule has 2 saturated heterocycles. The van der Waals surface area contributed by atoms with Crippen LogP contribution in [0, 0.1) is 0 Å². The molecule has 2 aliphatic rings. The molecule has 158 valence electrons. The number of rotatable bonds is 5. The predicted octanol–water partition coefficient (Wildman–Crippen LogP) is 1.41. The van der Waals surface area contributed by atoms with Gasteiger partial charge >= 0.3 is 12.1 Å². The molecule has 0 bridgehead atoms. The molecule has 2 fully saturated rings. The molecule has 1 aromatic rings. The van der Waals surface area contributed by atoms with Gasteiger partial charge in [-0.05, 0) is 18.2 Å². The minimum Gasteiger partial charge on any atom is -0.480 e. The molecule has 2 aliphatic heterocycles. The lowest BCUT2D eigenvalue weighted by molar-refractivity contribution is -0.143. The number of amides is 1. The van der Waals surface area contributed by atoms with E-state index in [0.29, 0.717) is 0 Å². The maximum atomic E-state index is 13.1. The molecule has 0 aromatic heterocycles.